The molecule has 0 fully saturated rings. The molecule has 0 aromatic heterocycles. The van der Waals surface area contributed by atoms with Crippen LogP contribution in [0.2, 0.25) is 0 Å². The Kier molecular flexibility index (Phi) is 6.12. The Morgan fingerprint density at radius 2 is 1.87 bits per heavy atom. The molecule has 15 heavy (non-hydrogen) atoms. The first-order valence-electron chi connectivity index (χ1n) is 4.86. The van der Waals surface area contributed by atoms with Crippen LogP contribution >= 0.6 is 0 Å². The van der Waals surface area contributed by atoms with Crippen molar-refractivity contribution in [2.75, 3.05) is 13.2 Å². The Labute approximate surface area is 87.0 Å². The molecule has 0 aliphatic heterocycles. The Hall–Kier alpha value is -0.940. The van der Waals surface area contributed by atoms with Gasteiger partial charge in [0.05, 0.1) is 0 Å². The maximum atomic E-state index is 11.6. The van der Waals surface area contributed by atoms with Crippen LogP contribution in [0.1, 0.15) is 26.7 Å². The van der Waals surface area contributed by atoms with Crippen molar-refractivity contribution >= 4 is 6.09 Å². The predicted octanol–water partition coefficient (Wildman–Crippen LogP) is 2.71. The fourth-order valence-corrected chi connectivity index (χ4v) is 1.00. The van der Waals surface area contributed by atoms with Gasteiger partial charge in [0.25, 0.3) is 0 Å². The van der Waals surface area contributed by atoms with Crippen molar-refractivity contribution in [2.24, 2.45) is 5.92 Å². The van der Waals surface area contributed by atoms with E-state index in [1.807, 2.05) is 13.8 Å². The van der Waals surface area contributed by atoms with Gasteiger partial charge in [-0.05, 0) is 5.92 Å². The zero-order valence-electron chi connectivity index (χ0n) is 8.86. The first kappa shape index (κ1) is 14.1. The molecule has 0 aromatic rings. The molecule has 0 saturated carbocycles. The van der Waals surface area contributed by atoms with Crippen molar-refractivity contribution in [3.05, 3.63) is 0 Å². The van der Waals surface area contributed by atoms with Crippen LogP contribution in [0.15, 0.2) is 0 Å². The van der Waals surface area contributed by atoms with Gasteiger partial charge in [-0.25, -0.2) is 4.79 Å². The van der Waals surface area contributed by atoms with Crippen molar-refractivity contribution in [1.29, 1.82) is 0 Å². The zero-order valence-corrected chi connectivity index (χ0v) is 8.86. The Bertz CT molecular complexity index is 190. The molecule has 0 aliphatic carbocycles. The highest BCUT2D eigenvalue weighted by Gasteiger charge is 2.29. The molecule has 0 atom stereocenters. The largest absolute Gasteiger partial charge is 0.440 e. The van der Waals surface area contributed by atoms with Gasteiger partial charge in [-0.2, -0.15) is 13.2 Å². The van der Waals surface area contributed by atoms with Gasteiger partial charge in [0.15, 0.2) is 6.61 Å². The number of alkyl carbamates (subject to hydrolysis) is 1. The number of ether oxygens (including phenoxy) is 1. The molecular formula is C9H16F3NO2. The van der Waals surface area contributed by atoms with Gasteiger partial charge in [-0.1, -0.05) is 26.7 Å². The average molecular weight is 227 g/mol. The zero-order chi connectivity index (χ0) is 11.9. The fourth-order valence-electron chi connectivity index (χ4n) is 1.00. The first-order valence-corrected chi connectivity index (χ1v) is 4.86. The van der Waals surface area contributed by atoms with Gasteiger partial charge >= 0.3 is 12.3 Å². The topological polar surface area (TPSA) is 38.3 Å². The molecule has 90 valence electrons. The van der Waals surface area contributed by atoms with E-state index in [2.05, 4.69) is 10.1 Å². The summed E-state index contributed by atoms with van der Waals surface area (Å²) in [5, 5.41) is 2.30. The van der Waals surface area contributed by atoms with Crippen LogP contribution in [-0.2, 0) is 4.74 Å². The van der Waals surface area contributed by atoms with E-state index in [1.165, 1.54) is 0 Å². The molecule has 0 spiro atoms. The second-order valence-electron chi connectivity index (χ2n) is 3.25. The standard InChI is InChI=1S/C9H16F3NO2/c1-3-7(4-2)5-13-8(14)15-6-9(10,11)12/h7H,3-6H2,1-2H3,(H,13,14). The van der Waals surface area contributed by atoms with E-state index in [4.69, 9.17) is 0 Å². The van der Waals surface area contributed by atoms with Crippen LogP contribution in [0.5, 0.6) is 0 Å². The number of carbonyl (C=O) groups is 1. The third-order valence-corrected chi connectivity index (χ3v) is 2.06. The summed E-state index contributed by atoms with van der Waals surface area (Å²) < 4.78 is 38.9. The van der Waals surface area contributed by atoms with Crippen LogP contribution in [0.3, 0.4) is 0 Å². The molecule has 0 saturated heterocycles. The highest BCUT2D eigenvalue weighted by molar-refractivity contribution is 5.67. The molecular weight excluding hydrogens is 211 g/mol. The summed E-state index contributed by atoms with van der Waals surface area (Å²) in [5.41, 5.74) is 0. The normalized spacial score (nSPS) is 11.6. The molecule has 0 heterocycles. The summed E-state index contributed by atoms with van der Waals surface area (Å²) in [6.07, 6.45) is -3.74. The summed E-state index contributed by atoms with van der Waals surface area (Å²) in [6.45, 7) is 2.72. The van der Waals surface area contributed by atoms with Gasteiger partial charge in [0.2, 0.25) is 0 Å². The van der Waals surface area contributed by atoms with Crippen LogP contribution in [0.25, 0.3) is 0 Å². The highest BCUT2D eigenvalue weighted by Crippen LogP contribution is 2.14. The summed E-state index contributed by atoms with van der Waals surface area (Å²) in [7, 11) is 0. The van der Waals surface area contributed by atoms with Crippen molar-refractivity contribution in [3.8, 4) is 0 Å². The van der Waals surface area contributed by atoms with Gasteiger partial charge < -0.3 is 10.1 Å². The van der Waals surface area contributed by atoms with Crippen molar-refractivity contribution in [1.82, 2.24) is 5.32 Å². The summed E-state index contributed by atoms with van der Waals surface area (Å²) in [6, 6.07) is 0. The smallest absolute Gasteiger partial charge is 0.422 e. The monoisotopic (exact) mass is 227 g/mol. The van der Waals surface area contributed by atoms with E-state index in [9.17, 15) is 18.0 Å². The number of hydrogen-bond acceptors (Lipinski definition) is 2. The highest BCUT2D eigenvalue weighted by atomic mass is 19.4. The van der Waals surface area contributed by atoms with Gasteiger partial charge in [-0.15, -0.1) is 0 Å². The summed E-state index contributed by atoms with van der Waals surface area (Å²) in [5.74, 6) is 0.281. The summed E-state index contributed by atoms with van der Waals surface area (Å²) in [4.78, 5) is 10.8. The minimum Gasteiger partial charge on any atom is -0.440 e. The molecule has 1 amide bonds. The lowest BCUT2D eigenvalue weighted by Crippen LogP contribution is -2.32. The number of alkyl halides is 3. The third kappa shape index (κ3) is 8.08. The molecule has 0 unspecified atom stereocenters. The second kappa shape index (κ2) is 6.53. The molecule has 1 N–H and O–H groups in total. The fraction of sp³-hybridized carbons (Fsp3) is 0.889. The lowest BCUT2D eigenvalue weighted by Gasteiger charge is -2.13. The Balaban J connectivity index is 3.66. The lowest BCUT2D eigenvalue weighted by atomic mass is 10.0. The summed E-state index contributed by atoms with van der Waals surface area (Å²) >= 11 is 0. The van der Waals surface area contributed by atoms with Gasteiger partial charge in [0, 0.05) is 6.54 Å². The minimum absolute atomic E-state index is 0.281. The van der Waals surface area contributed by atoms with E-state index < -0.39 is 18.9 Å². The maximum Gasteiger partial charge on any atom is 0.422 e. The Morgan fingerprint density at radius 1 is 1.33 bits per heavy atom. The van der Waals surface area contributed by atoms with E-state index in [0.717, 1.165) is 12.8 Å². The number of carbonyl (C=O) groups excluding carboxylic acids is 1. The number of amides is 1. The van der Waals surface area contributed by atoms with Crippen LogP contribution < -0.4 is 5.32 Å². The lowest BCUT2D eigenvalue weighted by molar-refractivity contribution is -0.160. The molecule has 3 nitrogen and oxygen atoms in total. The number of hydrogen-bond donors (Lipinski definition) is 1. The number of rotatable bonds is 5. The van der Waals surface area contributed by atoms with Gasteiger partial charge in [0.1, 0.15) is 0 Å². The van der Waals surface area contributed by atoms with E-state index in [0.29, 0.717) is 6.54 Å². The SMILES string of the molecule is CCC(CC)CNC(=O)OCC(F)(F)F. The van der Waals surface area contributed by atoms with Crippen molar-refractivity contribution in [2.45, 2.75) is 32.9 Å². The number of nitrogens with one attached hydrogen (secondary N) is 1. The second-order valence-corrected chi connectivity index (χ2v) is 3.25. The molecule has 0 rings (SSSR count). The predicted molar refractivity (Wildman–Crippen MR) is 49.5 cm³/mol. The average Bonchev–Trinajstić information content (AvgIpc) is 2.15. The first-order chi connectivity index (χ1) is 6.89. The van der Waals surface area contributed by atoms with Crippen LogP contribution in [0, 0.1) is 5.92 Å². The number of halogens is 3. The quantitative estimate of drug-likeness (QED) is 0.784. The minimum atomic E-state index is -4.47. The molecule has 0 bridgehead atoms. The molecule has 0 aliphatic rings. The maximum absolute atomic E-state index is 11.6. The van der Waals surface area contributed by atoms with Gasteiger partial charge in [-0.3, -0.25) is 0 Å². The third-order valence-electron chi connectivity index (χ3n) is 2.06. The van der Waals surface area contributed by atoms with Crippen molar-refractivity contribution in [3.63, 3.8) is 0 Å². The van der Waals surface area contributed by atoms with E-state index in [-0.39, 0.29) is 5.92 Å². The van der Waals surface area contributed by atoms with Crippen LogP contribution in [0.4, 0.5) is 18.0 Å². The molecule has 6 heteroatoms. The molecule has 0 aromatic carbocycles. The molecule has 0 radical (unpaired) electrons. The van der Waals surface area contributed by atoms with Crippen molar-refractivity contribution < 1.29 is 22.7 Å². The Morgan fingerprint density at radius 3 is 2.27 bits per heavy atom. The van der Waals surface area contributed by atoms with Crippen LogP contribution in [-0.4, -0.2) is 25.4 Å². The van der Waals surface area contributed by atoms with E-state index >= 15 is 0 Å². The van der Waals surface area contributed by atoms with E-state index in [1.54, 1.807) is 0 Å².